The molecule has 86 valence electrons. The molecule has 0 radical (unpaired) electrons. The first-order valence-electron chi connectivity index (χ1n) is 6.18. The van der Waals surface area contributed by atoms with Gasteiger partial charge in [0.2, 0.25) is 5.91 Å². The summed E-state index contributed by atoms with van der Waals surface area (Å²) in [6.07, 6.45) is 4.62. The summed E-state index contributed by atoms with van der Waals surface area (Å²) in [6, 6.07) is 0.540. The summed E-state index contributed by atoms with van der Waals surface area (Å²) in [5, 5.41) is 3.34. The molecule has 0 aromatic heterocycles. The van der Waals surface area contributed by atoms with Crippen LogP contribution in [0.2, 0.25) is 0 Å². The second-order valence-corrected chi connectivity index (χ2v) is 5.15. The first-order valence-corrected chi connectivity index (χ1v) is 6.18. The Balaban J connectivity index is 1.95. The van der Waals surface area contributed by atoms with Crippen LogP contribution in [-0.2, 0) is 4.79 Å². The van der Waals surface area contributed by atoms with Crippen LogP contribution in [0.15, 0.2) is 0 Å². The fourth-order valence-corrected chi connectivity index (χ4v) is 2.56. The molecular weight excluding hydrogens is 188 g/mol. The molecule has 2 aliphatic rings. The first kappa shape index (κ1) is 10.9. The zero-order valence-electron chi connectivity index (χ0n) is 10.0. The molecule has 1 saturated carbocycles. The van der Waals surface area contributed by atoms with E-state index < -0.39 is 0 Å². The second kappa shape index (κ2) is 3.78. The molecule has 3 heteroatoms. The number of carbonyl (C=O) groups excluding carboxylic acids is 1. The van der Waals surface area contributed by atoms with E-state index in [9.17, 15) is 4.79 Å². The third-order valence-electron chi connectivity index (χ3n) is 4.02. The Labute approximate surface area is 92.2 Å². The Hall–Kier alpha value is -0.570. The minimum atomic E-state index is -0.292. The normalized spacial score (nSPS) is 39.9. The number of carbonyl (C=O) groups is 1. The van der Waals surface area contributed by atoms with Gasteiger partial charge in [-0.25, -0.2) is 0 Å². The van der Waals surface area contributed by atoms with E-state index in [4.69, 9.17) is 0 Å². The topological polar surface area (TPSA) is 32.3 Å². The SMILES string of the molecule is CCCC1CC1N1CNC(C)(CC)C1=O. The molecule has 2 rings (SSSR count). The van der Waals surface area contributed by atoms with Gasteiger partial charge >= 0.3 is 0 Å². The van der Waals surface area contributed by atoms with Crippen LogP contribution in [0.4, 0.5) is 0 Å². The predicted octanol–water partition coefficient (Wildman–Crippen LogP) is 1.73. The van der Waals surface area contributed by atoms with Crippen molar-refractivity contribution in [3.63, 3.8) is 0 Å². The molecule has 2 fully saturated rings. The minimum absolute atomic E-state index is 0.292. The largest absolute Gasteiger partial charge is 0.325 e. The van der Waals surface area contributed by atoms with Gasteiger partial charge in [0.1, 0.15) is 0 Å². The molecule has 0 spiro atoms. The van der Waals surface area contributed by atoms with Crippen molar-refractivity contribution < 1.29 is 4.79 Å². The maximum Gasteiger partial charge on any atom is 0.243 e. The molecular formula is C12H22N2O. The molecule has 1 saturated heterocycles. The molecule has 0 aromatic carbocycles. The van der Waals surface area contributed by atoms with E-state index in [0.29, 0.717) is 11.9 Å². The van der Waals surface area contributed by atoms with Gasteiger partial charge in [0.15, 0.2) is 0 Å². The number of nitrogens with zero attached hydrogens (tertiary/aromatic N) is 1. The van der Waals surface area contributed by atoms with Gasteiger partial charge in [0.25, 0.3) is 0 Å². The van der Waals surface area contributed by atoms with E-state index in [-0.39, 0.29) is 5.54 Å². The molecule has 3 atom stereocenters. The summed E-state index contributed by atoms with van der Waals surface area (Å²) >= 11 is 0. The fourth-order valence-electron chi connectivity index (χ4n) is 2.56. The van der Waals surface area contributed by atoms with E-state index in [1.807, 2.05) is 6.92 Å². The number of amides is 1. The second-order valence-electron chi connectivity index (χ2n) is 5.15. The maximum atomic E-state index is 12.2. The lowest BCUT2D eigenvalue weighted by atomic mass is 9.99. The minimum Gasteiger partial charge on any atom is -0.325 e. The van der Waals surface area contributed by atoms with Gasteiger partial charge in [0, 0.05) is 6.04 Å². The van der Waals surface area contributed by atoms with Gasteiger partial charge in [0.05, 0.1) is 12.2 Å². The smallest absolute Gasteiger partial charge is 0.243 e. The fraction of sp³-hybridized carbons (Fsp3) is 0.917. The summed E-state index contributed by atoms with van der Waals surface area (Å²) < 4.78 is 0. The number of rotatable bonds is 4. The monoisotopic (exact) mass is 210 g/mol. The van der Waals surface area contributed by atoms with Gasteiger partial charge in [-0.15, -0.1) is 0 Å². The molecule has 15 heavy (non-hydrogen) atoms. The molecule has 3 unspecified atom stereocenters. The van der Waals surface area contributed by atoms with E-state index in [0.717, 1.165) is 19.0 Å². The van der Waals surface area contributed by atoms with E-state index in [1.54, 1.807) is 0 Å². The van der Waals surface area contributed by atoms with E-state index >= 15 is 0 Å². The van der Waals surface area contributed by atoms with Crippen molar-refractivity contribution in [2.24, 2.45) is 5.92 Å². The van der Waals surface area contributed by atoms with Gasteiger partial charge in [-0.05, 0) is 32.1 Å². The Morgan fingerprint density at radius 1 is 1.53 bits per heavy atom. The van der Waals surface area contributed by atoms with Crippen LogP contribution in [0.5, 0.6) is 0 Å². The molecule has 1 heterocycles. The van der Waals surface area contributed by atoms with E-state index in [2.05, 4.69) is 24.1 Å². The highest BCUT2D eigenvalue weighted by atomic mass is 16.2. The lowest BCUT2D eigenvalue weighted by molar-refractivity contribution is -0.132. The standard InChI is InChI=1S/C12H22N2O/c1-4-6-9-7-10(9)14-8-13-12(3,5-2)11(14)15/h9-10,13H,4-8H2,1-3H3. The average molecular weight is 210 g/mol. The summed E-state index contributed by atoms with van der Waals surface area (Å²) in [4.78, 5) is 14.2. The van der Waals surface area contributed by atoms with Crippen molar-refractivity contribution in [3.05, 3.63) is 0 Å². The van der Waals surface area contributed by atoms with Crippen LogP contribution in [0.1, 0.15) is 46.5 Å². The molecule has 1 N–H and O–H groups in total. The van der Waals surface area contributed by atoms with Gasteiger partial charge in [-0.3, -0.25) is 10.1 Å². The number of hydrogen-bond donors (Lipinski definition) is 1. The Kier molecular flexibility index (Phi) is 2.75. The summed E-state index contributed by atoms with van der Waals surface area (Å²) in [5.74, 6) is 1.09. The van der Waals surface area contributed by atoms with Gasteiger partial charge in [-0.1, -0.05) is 20.3 Å². The summed E-state index contributed by atoms with van der Waals surface area (Å²) in [6.45, 7) is 7.07. The zero-order valence-corrected chi connectivity index (χ0v) is 10.0. The molecule has 0 aromatic rings. The quantitative estimate of drug-likeness (QED) is 0.766. The van der Waals surface area contributed by atoms with Crippen LogP contribution in [0, 0.1) is 5.92 Å². The third kappa shape index (κ3) is 1.78. The van der Waals surface area contributed by atoms with E-state index in [1.165, 1.54) is 19.3 Å². The maximum absolute atomic E-state index is 12.2. The zero-order chi connectivity index (χ0) is 11.1. The highest BCUT2D eigenvalue weighted by Crippen LogP contribution is 2.41. The summed E-state index contributed by atoms with van der Waals surface area (Å²) in [5.41, 5.74) is -0.292. The van der Waals surface area contributed by atoms with Crippen molar-refractivity contribution in [1.29, 1.82) is 0 Å². The van der Waals surface area contributed by atoms with Crippen molar-refractivity contribution in [2.75, 3.05) is 6.67 Å². The first-order chi connectivity index (χ1) is 7.12. The Morgan fingerprint density at radius 3 is 2.80 bits per heavy atom. The molecule has 3 nitrogen and oxygen atoms in total. The van der Waals surface area contributed by atoms with Crippen molar-refractivity contribution >= 4 is 5.91 Å². The van der Waals surface area contributed by atoms with Crippen molar-refractivity contribution in [3.8, 4) is 0 Å². The van der Waals surface area contributed by atoms with Crippen LogP contribution in [0.3, 0.4) is 0 Å². The Morgan fingerprint density at radius 2 is 2.27 bits per heavy atom. The third-order valence-corrected chi connectivity index (χ3v) is 4.02. The van der Waals surface area contributed by atoms with Crippen LogP contribution in [0.25, 0.3) is 0 Å². The van der Waals surface area contributed by atoms with Crippen LogP contribution >= 0.6 is 0 Å². The molecule has 1 amide bonds. The molecule has 1 aliphatic heterocycles. The van der Waals surface area contributed by atoms with Gasteiger partial charge < -0.3 is 4.90 Å². The average Bonchev–Trinajstić information content (AvgIpc) is 2.91. The molecule has 0 bridgehead atoms. The molecule has 1 aliphatic carbocycles. The lowest BCUT2D eigenvalue weighted by Crippen LogP contribution is -2.43. The number of nitrogens with one attached hydrogen (secondary N) is 1. The van der Waals surface area contributed by atoms with Crippen molar-refractivity contribution in [1.82, 2.24) is 10.2 Å². The van der Waals surface area contributed by atoms with Crippen LogP contribution < -0.4 is 5.32 Å². The van der Waals surface area contributed by atoms with Crippen LogP contribution in [-0.4, -0.2) is 29.1 Å². The lowest BCUT2D eigenvalue weighted by Gasteiger charge is -2.21. The van der Waals surface area contributed by atoms with Crippen molar-refractivity contribution in [2.45, 2.75) is 58.0 Å². The summed E-state index contributed by atoms with van der Waals surface area (Å²) in [7, 11) is 0. The Bertz CT molecular complexity index is 266. The highest BCUT2D eigenvalue weighted by Gasteiger charge is 2.50. The number of hydrogen-bond acceptors (Lipinski definition) is 2. The van der Waals surface area contributed by atoms with Gasteiger partial charge in [-0.2, -0.15) is 0 Å². The predicted molar refractivity (Wildman–Crippen MR) is 60.3 cm³/mol. The highest BCUT2D eigenvalue weighted by molar-refractivity contribution is 5.88.